The van der Waals surface area contributed by atoms with Gasteiger partial charge in [0.15, 0.2) is 0 Å². The number of nitrogens with zero attached hydrogens (tertiary/aromatic N) is 1. The predicted molar refractivity (Wildman–Crippen MR) is 84.4 cm³/mol. The molecular weight excluding hydrogens is 284 g/mol. The summed E-state index contributed by atoms with van der Waals surface area (Å²) in [6, 6.07) is 5.49. The van der Waals surface area contributed by atoms with Gasteiger partial charge in [0.2, 0.25) is 9.84 Å². The summed E-state index contributed by atoms with van der Waals surface area (Å²) < 4.78 is 25.4. The maximum Gasteiger partial charge on any atom is 0.204 e. The lowest BCUT2D eigenvalue weighted by atomic mass is 10.1. The van der Waals surface area contributed by atoms with Gasteiger partial charge >= 0.3 is 0 Å². The van der Waals surface area contributed by atoms with Crippen LogP contribution in [0.15, 0.2) is 28.0 Å². The van der Waals surface area contributed by atoms with Crippen LogP contribution in [-0.4, -0.2) is 33.0 Å². The van der Waals surface area contributed by atoms with Crippen LogP contribution >= 0.6 is 0 Å². The third-order valence-electron chi connectivity index (χ3n) is 4.34. The molecule has 1 saturated heterocycles. The van der Waals surface area contributed by atoms with Gasteiger partial charge in [-0.25, -0.2) is 8.42 Å². The van der Waals surface area contributed by atoms with Gasteiger partial charge in [-0.3, -0.25) is 4.90 Å². The molecule has 3 rings (SSSR count). The fraction of sp³-hybridized carbons (Fsp3) is 0.500. The zero-order valence-electron chi connectivity index (χ0n) is 12.2. The summed E-state index contributed by atoms with van der Waals surface area (Å²) in [5.41, 5.74) is 7.28. The van der Waals surface area contributed by atoms with Crippen LogP contribution in [0.25, 0.3) is 6.08 Å². The van der Waals surface area contributed by atoms with Gasteiger partial charge in [0.25, 0.3) is 0 Å². The topological polar surface area (TPSA) is 63.4 Å². The van der Waals surface area contributed by atoms with E-state index in [1.807, 2.05) is 18.2 Å². The van der Waals surface area contributed by atoms with Crippen LogP contribution in [-0.2, 0) is 16.4 Å². The molecule has 114 valence electrons. The minimum Gasteiger partial charge on any atom is -0.326 e. The second-order valence-corrected chi connectivity index (χ2v) is 7.85. The molecule has 0 radical (unpaired) electrons. The summed E-state index contributed by atoms with van der Waals surface area (Å²) in [6.07, 6.45) is 6.66. The first-order valence-electron chi connectivity index (χ1n) is 7.62. The lowest BCUT2D eigenvalue weighted by Gasteiger charge is -2.20. The van der Waals surface area contributed by atoms with Crippen molar-refractivity contribution in [2.24, 2.45) is 5.73 Å². The minimum atomic E-state index is -3.33. The second-order valence-electron chi connectivity index (χ2n) is 5.88. The first-order chi connectivity index (χ1) is 10.1. The van der Waals surface area contributed by atoms with Crippen molar-refractivity contribution in [3.8, 4) is 0 Å². The first-order valence-corrected chi connectivity index (χ1v) is 9.10. The van der Waals surface area contributed by atoms with Gasteiger partial charge in [-0.1, -0.05) is 25.0 Å². The van der Waals surface area contributed by atoms with Crippen LogP contribution in [0.2, 0.25) is 0 Å². The molecule has 21 heavy (non-hydrogen) atoms. The molecule has 2 heterocycles. The summed E-state index contributed by atoms with van der Waals surface area (Å²) in [5, 5.41) is 0. The van der Waals surface area contributed by atoms with E-state index in [1.54, 1.807) is 6.07 Å². The Hall–Kier alpha value is -1.17. The molecule has 0 amide bonds. The smallest absolute Gasteiger partial charge is 0.204 e. The van der Waals surface area contributed by atoms with E-state index in [0.29, 0.717) is 22.9 Å². The molecule has 0 aliphatic carbocycles. The monoisotopic (exact) mass is 306 g/mol. The van der Waals surface area contributed by atoms with E-state index in [0.717, 1.165) is 37.1 Å². The van der Waals surface area contributed by atoms with E-state index in [2.05, 4.69) is 4.90 Å². The molecule has 0 saturated carbocycles. The van der Waals surface area contributed by atoms with Gasteiger partial charge in [0, 0.05) is 13.1 Å². The highest BCUT2D eigenvalue weighted by atomic mass is 32.2. The van der Waals surface area contributed by atoms with Gasteiger partial charge in [-0.2, -0.15) is 0 Å². The van der Waals surface area contributed by atoms with E-state index < -0.39 is 9.84 Å². The first kappa shape index (κ1) is 14.8. The quantitative estimate of drug-likeness (QED) is 0.929. The average Bonchev–Trinajstić information content (AvgIpc) is 2.66. The van der Waals surface area contributed by atoms with Gasteiger partial charge in [-0.05, 0) is 49.2 Å². The Morgan fingerprint density at radius 2 is 1.81 bits per heavy atom. The van der Waals surface area contributed by atoms with Gasteiger partial charge in [0.05, 0.1) is 9.80 Å². The molecule has 2 aliphatic heterocycles. The Morgan fingerprint density at radius 3 is 2.48 bits per heavy atom. The zero-order valence-corrected chi connectivity index (χ0v) is 13.0. The average molecular weight is 306 g/mol. The summed E-state index contributed by atoms with van der Waals surface area (Å²) in [5.74, 6) is 0. The number of sulfone groups is 1. The molecule has 1 aromatic rings. The predicted octanol–water partition coefficient (Wildman–Crippen LogP) is 2.15. The lowest BCUT2D eigenvalue weighted by Crippen LogP contribution is -2.28. The molecule has 2 N–H and O–H groups in total. The largest absolute Gasteiger partial charge is 0.326 e. The van der Waals surface area contributed by atoms with E-state index >= 15 is 0 Å². The number of hydrogen-bond donors (Lipinski definition) is 1. The third kappa shape index (κ3) is 2.91. The maximum absolute atomic E-state index is 12.7. The number of benzene rings is 1. The van der Waals surface area contributed by atoms with Gasteiger partial charge < -0.3 is 5.73 Å². The fourth-order valence-electron chi connectivity index (χ4n) is 3.10. The van der Waals surface area contributed by atoms with Crippen molar-refractivity contribution < 1.29 is 8.42 Å². The SMILES string of the molecule is NCc1ccc2c(c1)S(=O)(=O)C(CN1CCCCCC1)=C2. The summed E-state index contributed by atoms with van der Waals surface area (Å²) >= 11 is 0. The highest BCUT2D eigenvalue weighted by Crippen LogP contribution is 2.34. The number of fused-ring (bicyclic) bond motifs is 1. The van der Waals surface area contributed by atoms with E-state index in [1.165, 1.54) is 12.8 Å². The number of likely N-dealkylation sites (tertiary alicyclic amines) is 1. The van der Waals surface area contributed by atoms with Crippen molar-refractivity contribution in [2.45, 2.75) is 37.1 Å². The molecule has 0 aromatic heterocycles. The molecule has 0 atom stereocenters. The summed E-state index contributed by atoms with van der Waals surface area (Å²) in [6.45, 7) is 2.90. The van der Waals surface area contributed by atoms with E-state index in [4.69, 9.17) is 5.73 Å². The molecule has 1 fully saturated rings. The van der Waals surface area contributed by atoms with Crippen LogP contribution in [0.4, 0.5) is 0 Å². The van der Waals surface area contributed by atoms with Crippen molar-refractivity contribution >= 4 is 15.9 Å². The van der Waals surface area contributed by atoms with Crippen molar-refractivity contribution in [1.29, 1.82) is 0 Å². The fourth-order valence-corrected chi connectivity index (χ4v) is 4.76. The molecular formula is C16H22N2O2S. The highest BCUT2D eigenvalue weighted by molar-refractivity contribution is 7.95. The standard InChI is InChI=1S/C16H22N2O2S/c17-11-13-5-6-14-10-15(21(19,20)16(14)9-13)12-18-7-3-1-2-4-8-18/h5-6,9-10H,1-4,7-8,11-12,17H2. The molecule has 5 heteroatoms. The second kappa shape index (κ2) is 5.91. The van der Waals surface area contributed by atoms with Crippen LogP contribution < -0.4 is 5.73 Å². The van der Waals surface area contributed by atoms with Crippen LogP contribution in [0, 0.1) is 0 Å². The van der Waals surface area contributed by atoms with Crippen molar-refractivity contribution in [3.63, 3.8) is 0 Å². The Bertz CT molecular complexity index is 657. The molecule has 1 aromatic carbocycles. The lowest BCUT2D eigenvalue weighted by molar-refractivity contribution is 0.313. The Morgan fingerprint density at radius 1 is 1.10 bits per heavy atom. The highest BCUT2D eigenvalue weighted by Gasteiger charge is 2.30. The number of hydrogen-bond acceptors (Lipinski definition) is 4. The Balaban J connectivity index is 1.84. The van der Waals surface area contributed by atoms with E-state index in [9.17, 15) is 8.42 Å². The molecule has 4 nitrogen and oxygen atoms in total. The van der Waals surface area contributed by atoms with Gasteiger partial charge in [0.1, 0.15) is 0 Å². The number of rotatable bonds is 3. The van der Waals surface area contributed by atoms with Crippen molar-refractivity contribution in [1.82, 2.24) is 4.90 Å². The van der Waals surface area contributed by atoms with Gasteiger partial charge in [-0.15, -0.1) is 0 Å². The van der Waals surface area contributed by atoms with E-state index in [-0.39, 0.29) is 0 Å². The molecule has 0 bridgehead atoms. The van der Waals surface area contributed by atoms with Crippen molar-refractivity contribution in [2.75, 3.05) is 19.6 Å². The Labute approximate surface area is 126 Å². The van der Waals surface area contributed by atoms with Crippen LogP contribution in [0.5, 0.6) is 0 Å². The molecule has 2 aliphatic rings. The minimum absolute atomic E-state index is 0.365. The number of nitrogens with two attached hydrogens (primary N) is 1. The normalized spacial score (nSPS) is 21.7. The van der Waals surface area contributed by atoms with Crippen molar-refractivity contribution in [3.05, 3.63) is 34.2 Å². The Kier molecular flexibility index (Phi) is 4.15. The summed E-state index contributed by atoms with van der Waals surface area (Å²) in [7, 11) is -3.33. The van der Waals surface area contributed by atoms with Crippen LogP contribution in [0.1, 0.15) is 36.8 Å². The molecule has 0 unspecified atom stereocenters. The maximum atomic E-state index is 12.7. The van der Waals surface area contributed by atoms with Crippen LogP contribution in [0.3, 0.4) is 0 Å². The zero-order chi connectivity index (χ0) is 14.9. The molecule has 0 spiro atoms. The third-order valence-corrected chi connectivity index (χ3v) is 6.21. The summed E-state index contributed by atoms with van der Waals surface area (Å²) in [4.78, 5) is 3.23.